The molecule has 2 heterocycles. The molecule has 2 nitrogen and oxygen atoms in total. The number of piperidine rings is 2. The summed E-state index contributed by atoms with van der Waals surface area (Å²) in [4.78, 5) is 0. The van der Waals surface area contributed by atoms with Crippen molar-refractivity contribution in [2.24, 2.45) is 0 Å². The molecule has 7 heteroatoms. The van der Waals surface area contributed by atoms with Gasteiger partial charge in [0.15, 0.2) is 0 Å². The Hall–Kier alpha value is -0.314. The zero-order valence-electron chi connectivity index (χ0n) is 17.7. The van der Waals surface area contributed by atoms with Crippen molar-refractivity contribution in [3.8, 4) is 0 Å². The molecule has 0 aliphatic carbocycles. The molecular weight excluding hydrogens is 503 g/mol. The van der Waals surface area contributed by atoms with Gasteiger partial charge in [-0.05, 0) is 48.2 Å². The maximum atomic E-state index is 4.31. The fourth-order valence-electron chi connectivity index (χ4n) is 4.30. The summed E-state index contributed by atoms with van der Waals surface area (Å²) in [5.74, 6) is 1.45. The van der Waals surface area contributed by atoms with Gasteiger partial charge >= 0.3 is 25.5 Å². The van der Waals surface area contributed by atoms with Crippen molar-refractivity contribution in [1.29, 1.82) is 0 Å². The number of benzene rings is 2. The number of nitrogens with zero attached hydrogens (tertiary/aromatic N) is 2. The molecule has 4 rings (SSSR count). The van der Waals surface area contributed by atoms with Gasteiger partial charge in [-0.25, -0.2) is 0 Å². The fourth-order valence-corrected chi connectivity index (χ4v) is 5.15. The van der Waals surface area contributed by atoms with E-state index in [-0.39, 0.29) is 16.8 Å². The molecule has 0 spiro atoms. The van der Waals surface area contributed by atoms with Crippen LogP contribution in [0.25, 0.3) is 0 Å². The van der Waals surface area contributed by atoms with Gasteiger partial charge in [-0.3, -0.25) is 0 Å². The smallest absolute Gasteiger partial charge is 0.184 e. The van der Waals surface area contributed by atoms with Crippen LogP contribution < -0.4 is 0 Å². The van der Waals surface area contributed by atoms with Gasteiger partial charge in [0, 0.05) is 25.7 Å². The largest absolute Gasteiger partial charge is 2.00 e. The van der Waals surface area contributed by atoms with E-state index < -0.39 is 0 Å². The number of hydrogen-bond donors (Lipinski definition) is 2. The minimum Gasteiger partial charge on any atom is -0.184 e. The molecule has 0 bridgehead atoms. The molecule has 2 fully saturated rings. The Morgan fingerprint density at radius 2 is 0.903 bits per heavy atom. The second-order valence-corrected chi connectivity index (χ2v) is 10.6. The average Bonchev–Trinajstić information content (AvgIpc) is 2.81. The fraction of sp³-hybridized carbons (Fsp3) is 0.417. The van der Waals surface area contributed by atoms with Gasteiger partial charge in [-0.2, -0.15) is 9.15 Å². The van der Waals surface area contributed by atoms with Crippen LogP contribution in [-0.2, 0) is 42.0 Å². The zero-order valence-corrected chi connectivity index (χ0v) is 22.5. The van der Waals surface area contributed by atoms with Gasteiger partial charge in [0.2, 0.25) is 0 Å². The molecule has 0 atom stereocenters. The first kappa shape index (κ1) is 26.9. The summed E-state index contributed by atoms with van der Waals surface area (Å²) in [5, 5.41) is 0. The topological polar surface area (TPSA) is 6.02 Å². The van der Waals surface area contributed by atoms with Crippen LogP contribution >= 0.6 is 25.3 Å². The Balaban J connectivity index is 0.000000213. The van der Waals surface area contributed by atoms with Gasteiger partial charge in [-0.15, -0.1) is 0 Å². The monoisotopic (exact) mass is 537 g/mol. The summed E-state index contributed by atoms with van der Waals surface area (Å²) < 4.78 is 6.47. The average molecular weight is 538 g/mol. The van der Waals surface area contributed by atoms with E-state index in [4.69, 9.17) is 0 Å². The van der Waals surface area contributed by atoms with Crippen LogP contribution in [0.1, 0.15) is 48.6 Å². The number of hydrogen-bond acceptors (Lipinski definition) is 0. The van der Waals surface area contributed by atoms with Crippen LogP contribution in [0.3, 0.4) is 0 Å². The van der Waals surface area contributed by atoms with Crippen LogP contribution in [-0.4, -0.2) is 44.1 Å². The van der Waals surface area contributed by atoms with Gasteiger partial charge in [0.25, 0.3) is 0 Å². The third kappa shape index (κ3) is 8.52. The van der Waals surface area contributed by atoms with Crippen molar-refractivity contribution >= 4 is 59.3 Å². The van der Waals surface area contributed by atoms with Crippen LogP contribution in [0.4, 0.5) is 0 Å². The van der Waals surface area contributed by atoms with Gasteiger partial charge in [0.05, 0.1) is 25.3 Å². The molecule has 2 aliphatic heterocycles. The standard InChI is InChI=1S/2C12H15NS2.Co/c2*14-12(15)13-8-6-11(7-9-13)10-4-2-1-3-5-10;/h2*1-5,11H,6-9H2,(H,14,15);/q;;+2/p+4. The van der Waals surface area contributed by atoms with E-state index in [9.17, 15) is 0 Å². The molecular formula is C24H34CoN2S4+6. The SMILES string of the molecule is SC([SH2+])=[N+]1CCC(c2ccccc2)CC1.SC([SH2+])=[N+]1CCC(c2ccccc2)CC1.[Co+2]. The molecule has 0 amide bonds. The van der Waals surface area contributed by atoms with Crippen molar-refractivity contribution in [3.63, 3.8) is 0 Å². The molecule has 1 radical (unpaired) electrons. The summed E-state index contributed by atoms with van der Waals surface area (Å²) >= 11 is 15.6. The molecule has 0 N–H and O–H groups in total. The van der Waals surface area contributed by atoms with E-state index in [2.05, 4.69) is 120 Å². The third-order valence-corrected chi connectivity index (χ3v) is 7.33. The van der Waals surface area contributed by atoms with E-state index in [1.54, 1.807) is 0 Å². The van der Waals surface area contributed by atoms with Crippen molar-refractivity contribution in [2.75, 3.05) is 26.2 Å². The van der Waals surface area contributed by atoms with Gasteiger partial charge < -0.3 is 0 Å². The summed E-state index contributed by atoms with van der Waals surface area (Å²) in [6.45, 7) is 4.40. The Kier molecular flexibility index (Phi) is 12.2. The van der Waals surface area contributed by atoms with Gasteiger partial charge in [-0.1, -0.05) is 60.7 Å². The first-order valence-corrected chi connectivity index (χ1v) is 12.6. The number of thiol groups is 2. The minimum atomic E-state index is 0. The predicted octanol–water partition coefficient (Wildman–Crippen LogP) is 3.75. The van der Waals surface area contributed by atoms with Crippen molar-refractivity contribution < 1.29 is 25.9 Å². The summed E-state index contributed by atoms with van der Waals surface area (Å²) in [7, 11) is 0. The summed E-state index contributed by atoms with van der Waals surface area (Å²) in [6, 6.07) is 21.6. The number of rotatable bonds is 2. The normalized spacial score (nSPS) is 20.8. The zero-order chi connectivity index (χ0) is 21.3. The van der Waals surface area contributed by atoms with E-state index in [0.717, 1.165) is 46.8 Å². The third-order valence-electron chi connectivity index (χ3n) is 6.13. The van der Waals surface area contributed by atoms with E-state index >= 15 is 0 Å². The van der Waals surface area contributed by atoms with E-state index in [0.29, 0.717) is 0 Å². The maximum Gasteiger partial charge on any atom is 2.00 e. The Morgan fingerprint density at radius 3 is 1.16 bits per heavy atom. The molecule has 2 aromatic rings. The second kappa shape index (κ2) is 14.1. The van der Waals surface area contributed by atoms with Crippen molar-refractivity contribution in [2.45, 2.75) is 37.5 Å². The van der Waals surface area contributed by atoms with Crippen molar-refractivity contribution in [1.82, 2.24) is 0 Å². The molecule has 2 aliphatic rings. The molecule has 0 aromatic heterocycles. The first-order valence-electron chi connectivity index (χ1n) is 10.7. The summed E-state index contributed by atoms with van der Waals surface area (Å²) in [6.07, 6.45) is 4.88. The summed E-state index contributed by atoms with van der Waals surface area (Å²) in [5.41, 5.74) is 2.96. The van der Waals surface area contributed by atoms with Crippen molar-refractivity contribution in [3.05, 3.63) is 71.8 Å². The quantitative estimate of drug-likeness (QED) is 0.249. The Bertz CT molecular complexity index is 770. The van der Waals surface area contributed by atoms with Crippen LogP contribution in [0.15, 0.2) is 60.7 Å². The van der Waals surface area contributed by atoms with Crippen LogP contribution in [0, 0.1) is 0 Å². The first-order chi connectivity index (χ1) is 14.5. The molecule has 0 unspecified atom stereocenters. The molecule has 167 valence electrons. The van der Waals surface area contributed by atoms with Crippen LogP contribution in [0.2, 0.25) is 0 Å². The molecule has 0 saturated carbocycles. The van der Waals surface area contributed by atoms with Gasteiger partial charge in [0.1, 0.15) is 26.2 Å². The Labute approximate surface area is 219 Å². The molecule has 2 saturated heterocycles. The van der Waals surface area contributed by atoms with E-state index in [1.165, 1.54) is 36.8 Å². The second-order valence-electron chi connectivity index (χ2n) is 7.99. The molecule has 31 heavy (non-hydrogen) atoms. The predicted molar refractivity (Wildman–Crippen MR) is 145 cm³/mol. The molecule has 2 aromatic carbocycles. The minimum absolute atomic E-state index is 0. The maximum absolute atomic E-state index is 4.31. The Morgan fingerprint density at radius 1 is 0.613 bits per heavy atom. The van der Waals surface area contributed by atoms with E-state index in [1.807, 2.05) is 0 Å². The van der Waals surface area contributed by atoms with Crippen LogP contribution in [0.5, 0.6) is 0 Å².